The van der Waals surface area contributed by atoms with Crippen molar-refractivity contribution in [3.8, 4) is 0 Å². The number of rotatable bonds is 4. The van der Waals surface area contributed by atoms with Gasteiger partial charge in [-0.1, -0.05) is 6.07 Å². The second-order valence-electron chi connectivity index (χ2n) is 4.34. The molecule has 102 valence electrons. The van der Waals surface area contributed by atoms with Crippen LogP contribution in [0.3, 0.4) is 0 Å². The average Bonchev–Trinajstić information content (AvgIpc) is 2.85. The van der Waals surface area contributed by atoms with Crippen LogP contribution in [0.5, 0.6) is 0 Å². The summed E-state index contributed by atoms with van der Waals surface area (Å²) in [5.74, 6) is 0.560. The molecule has 1 aromatic heterocycles. The number of aromatic amines is 1. The maximum atomic E-state index is 12.3. The minimum Gasteiger partial charge on any atom is -0.399 e. The lowest BCUT2D eigenvalue weighted by molar-refractivity contribution is 0.560. The summed E-state index contributed by atoms with van der Waals surface area (Å²) in [5, 5.41) is 0. The van der Waals surface area contributed by atoms with Gasteiger partial charge in [0, 0.05) is 18.1 Å². The highest BCUT2D eigenvalue weighted by molar-refractivity contribution is 7.89. The van der Waals surface area contributed by atoms with E-state index in [0.29, 0.717) is 17.1 Å². The van der Waals surface area contributed by atoms with E-state index < -0.39 is 16.1 Å². The van der Waals surface area contributed by atoms with Crippen LogP contribution in [0.4, 0.5) is 5.69 Å². The lowest BCUT2D eigenvalue weighted by Gasteiger charge is -2.14. The fourth-order valence-corrected chi connectivity index (χ4v) is 3.26. The molecular formula is C12H16N4O2S. The quantitative estimate of drug-likeness (QED) is 0.736. The van der Waals surface area contributed by atoms with Crippen molar-refractivity contribution in [1.82, 2.24) is 14.7 Å². The molecule has 0 aliphatic rings. The van der Waals surface area contributed by atoms with Gasteiger partial charge in [-0.25, -0.2) is 18.1 Å². The summed E-state index contributed by atoms with van der Waals surface area (Å²) in [6.07, 6.45) is 3.22. The first kappa shape index (κ1) is 13.6. The maximum Gasteiger partial charge on any atom is 0.241 e. The molecule has 0 spiro atoms. The molecule has 0 saturated heterocycles. The van der Waals surface area contributed by atoms with Crippen LogP contribution < -0.4 is 10.5 Å². The highest BCUT2D eigenvalue weighted by Gasteiger charge is 2.21. The Kier molecular flexibility index (Phi) is 3.59. The second-order valence-corrected chi connectivity index (χ2v) is 6.02. The van der Waals surface area contributed by atoms with Crippen LogP contribution in [0.25, 0.3) is 0 Å². The molecule has 1 unspecified atom stereocenters. The molecule has 0 fully saturated rings. The van der Waals surface area contributed by atoms with E-state index >= 15 is 0 Å². The zero-order valence-corrected chi connectivity index (χ0v) is 11.5. The van der Waals surface area contributed by atoms with Crippen molar-refractivity contribution in [3.63, 3.8) is 0 Å². The lowest BCUT2D eigenvalue weighted by Crippen LogP contribution is -2.28. The molecule has 19 heavy (non-hydrogen) atoms. The molecule has 0 amide bonds. The van der Waals surface area contributed by atoms with Crippen molar-refractivity contribution in [1.29, 1.82) is 0 Å². The zero-order valence-electron chi connectivity index (χ0n) is 10.7. The van der Waals surface area contributed by atoms with E-state index in [-0.39, 0.29) is 4.90 Å². The van der Waals surface area contributed by atoms with Crippen LogP contribution in [0.1, 0.15) is 24.4 Å². The molecule has 0 saturated carbocycles. The molecule has 2 aromatic rings. The molecule has 1 heterocycles. The summed E-state index contributed by atoms with van der Waals surface area (Å²) in [6, 6.07) is 4.36. The van der Waals surface area contributed by atoms with Gasteiger partial charge in [0.1, 0.15) is 5.82 Å². The van der Waals surface area contributed by atoms with Crippen molar-refractivity contribution < 1.29 is 8.42 Å². The topological polar surface area (TPSA) is 101 Å². The Morgan fingerprint density at radius 2 is 2.16 bits per heavy atom. The van der Waals surface area contributed by atoms with Gasteiger partial charge in [-0.15, -0.1) is 0 Å². The van der Waals surface area contributed by atoms with Crippen molar-refractivity contribution >= 4 is 15.7 Å². The number of H-pyrrole nitrogens is 1. The highest BCUT2D eigenvalue weighted by Crippen LogP contribution is 2.20. The van der Waals surface area contributed by atoms with Crippen molar-refractivity contribution in [2.45, 2.75) is 24.8 Å². The van der Waals surface area contributed by atoms with Crippen LogP contribution in [-0.4, -0.2) is 18.4 Å². The zero-order chi connectivity index (χ0) is 14.0. The molecule has 0 aliphatic heterocycles. The SMILES string of the molecule is Cc1ccc(N)cc1S(=O)(=O)NC(C)c1ncc[nH]1. The van der Waals surface area contributed by atoms with E-state index in [1.54, 1.807) is 38.4 Å². The minimum atomic E-state index is -3.63. The summed E-state index contributed by atoms with van der Waals surface area (Å²) in [5.41, 5.74) is 6.70. The summed E-state index contributed by atoms with van der Waals surface area (Å²) in [7, 11) is -3.63. The van der Waals surface area contributed by atoms with Crippen LogP contribution >= 0.6 is 0 Å². The molecule has 0 radical (unpaired) electrons. The van der Waals surface area contributed by atoms with Gasteiger partial charge in [-0.3, -0.25) is 0 Å². The Morgan fingerprint density at radius 1 is 1.42 bits per heavy atom. The third kappa shape index (κ3) is 2.94. The predicted octanol–water partition coefficient (Wildman–Crippen LogP) is 1.34. The number of anilines is 1. The van der Waals surface area contributed by atoms with Gasteiger partial charge < -0.3 is 10.7 Å². The normalized spacial score (nSPS) is 13.4. The molecule has 1 atom stereocenters. The summed E-state index contributed by atoms with van der Waals surface area (Å²) < 4.78 is 27.2. The Morgan fingerprint density at radius 3 is 2.79 bits per heavy atom. The smallest absolute Gasteiger partial charge is 0.241 e. The molecular weight excluding hydrogens is 264 g/mol. The third-order valence-corrected chi connectivity index (χ3v) is 4.45. The summed E-state index contributed by atoms with van der Waals surface area (Å²) in [4.78, 5) is 7.09. The Hall–Kier alpha value is -1.86. The fraction of sp³-hybridized carbons (Fsp3) is 0.250. The van der Waals surface area contributed by atoms with Gasteiger partial charge in [0.05, 0.1) is 10.9 Å². The van der Waals surface area contributed by atoms with Crippen LogP contribution in [0.2, 0.25) is 0 Å². The number of aryl methyl sites for hydroxylation is 1. The number of hydrogen-bond donors (Lipinski definition) is 3. The van der Waals surface area contributed by atoms with Crippen molar-refractivity contribution in [2.75, 3.05) is 5.73 Å². The van der Waals surface area contributed by atoms with Gasteiger partial charge in [0.25, 0.3) is 0 Å². The lowest BCUT2D eigenvalue weighted by atomic mass is 10.2. The van der Waals surface area contributed by atoms with Crippen LogP contribution in [0.15, 0.2) is 35.5 Å². The second kappa shape index (κ2) is 5.02. The molecule has 2 rings (SSSR count). The van der Waals surface area contributed by atoms with E-state index in [9.17, 15) is 8.42 Å². The largest absolute Gasteiger partial charge is 0.399 e. The van der Waals surface area contributed by atoms with Crippen molar-refractivity contribution in [2.24, 2.45) is 0 Å². The average molecular weight is 280 g/mol. The highest BCUT2D eigenvalue weighted by atomic mass is 32.2. The molecule has 1 aromatic carbocycles. The van der Waals surface area contributed by atoms with Crippen LogP contribution in [-0.2, 0) is 10.0 Å². The summed E-state index contributed by atoms with van der Waals surface area (Å²) >= 11 is 0. The molecule has 6 nitrogen and oxygen atoms in total. The number of nitrogen functional groups attached to an aromatic ring is 1. The molecule has 0 bridgehead atoms. The number of nitrogens with one attached hydrogen (secondary N) is 2. The Bertz CT molecular complexity index is 665. The number of hydrogen-bond acceptors (Lipinski definition) is 4. The third-order valence-electron chi connectivity index (χ3n) is 2.76. The van der Waals surface area contributed by atoms with E-state index in [1.807, 2.05) is 0 Å². The first-order chi connectivity index (χ1) is 8.90. The van der Waals surface area contributed by atoms with Crippen molar-refractivity contribution in [3.05, 3.63) is 42.0 Å². The predicted molar refractivity (Wildman–Crippen MR) is 72.9 cm³/mol. The van der Waals surface area contributed by atoms with E-state index in [1.165, 1.54) is 6.07 Å². The Labute approximate surface area is 112 Å². The van der Waals surface area contributed by atoms with Crippen LogP contribution in [0, 0.1) is 6.92 Å². The minimum absolute atomic E-state index is 0.186. The monoisotopic (exact) mass is 280 g/mol. The van der Waals surface area contributed by atoms with E-state index in [0.717, 1.165) is 0 Å². The van der Waals surface area contributed by atoms with Gasteiger partial charge in [0.15, 0.2) is 0 Å². The number of benzene rings is 1. The standard InChI is InChI=1S/C12H16N4O2S/c1-8-3-4-10(13)7-11(8)19(17,18)16-9(2)12-14-5-6-15-12/h3-7,9,16H,13H2,1-2H3,(H,14,15). The molecule has 0 aliphatic carbocycles. The number of sulfonamides is 1. The number of nitrogens with zero attached hydrogens (tertiary/aromatic N) is 1. The van der Waals surface area contributed by atoms with Gasteiger partial charge in [-0.05, 0) is 31.5 Å². The van der Waals surface area contributed by atoms with Gasteiger partial charge in [0.2, 0.25) is 10.0 Å². The number of imidazole rings is 1. The fourth-order valence-electron chi connectivity index (χ4n) is 1.77. The number of aromatic nitrogens is 2. The van der Waals surface area contributed by atoms with E-state index in [2.05, 4.69) is 14.7 Å². The van der Waals surface area contributed by atoms with Gasteiger partial charge in [-0.2, -0.15) is 0 Å². The van der Waals surface area contributed by atoms with Gasteiger partial charge >= 0.3 is 0 Å². The Balaban J connectivity index is 2.30. The summed E-state index contributed by atoms with van der Waals surface area (Å²) in [6.45, 7) is 3.45. The molecule has 4 N–H and O–H groups in total. The maximum absolute atomic E-state index is 12.3. The molecule has 7 heteroatoms. The first-order valence-corrected chi connectivity index (χ1v) is 7.26. The first-order valence-electron chi connectivity index (χ1n) is 5.78. The number of nitrogens with two attached hydrogens (primary N) is 1. The van der Waals surface area contributed by atoms with E-state index in [4.69, 9.17) is 5.73 Å².